The number of nitrogens with zero attached hydrogens (tertiary/aromatic N) is 1. The maximum Gasteiger partial charge on any atom is 0.416 e. The van der Waals surface area contributed by atoms with Crippen LogP contribution in [0, 0.1) is 5.82 Å². The Morgan fingerprint density at radius 1 is 1.35 bits per heavy atom. The van der Waals surface area contributed by atoms with Crippen molar-refractivity contribution in [3.05, 3.63) is 35.1 Å². The van der Waals surface area contributed by atoms with Gasteiger partial charge in [0.15, 0.2) is 0 Å². The van der Waals surface area contributed by atoms with Gasteiger partial charge in [-0.3, -0.25) is 5.84 Å². The molecule has 1 heterocycles. The average molecular weight is 290 g/mol. The number of hydrogen-bond donors (Lipinski definition) is 1. The first-order chi connectivity index (χ1) is 9.34. The molecule has 110 valence electrons. The van der Waals surface area contributed by atoms with Crippen LogP contribution in [-0.4, -0.2) is 23.9 Å². The molecule has 2 atom stereocenters. The molecule has 1 saturated heterocycles. The van der Waals surface area contributed by atoms with E-state index in [1.54, 1.807) is 0 Å². The summed E-state index contributed by atoms with van der Waals surface area (Å²) in [5.41, 5.74) is -1.11. The molecule has 0 aliphatic carbocycles. The summed E-state index contributed by atoms with van der Waals surface area (Å²) in [6.07, 6.45) is -3.12. The van der Waals surface area contributed by atoms with Crippen LogP contribution < -0.4 is 5.84 Å². The number of rotatable bonds is 2. The quantitative estimate of drug-likeness (QED) is 0.517. The first-order valence-corrected chi connectivity index (χ1v) is 6.18. The second kappa shape index (κ2) is 5.49. The van der Waals surface area contributed by atoms with Crippen molar-refractivity contribution in [2.75, 3.05) is 6.54 Å². The number of alkyl halides is 3. The first kappa shape index (κ1) is 14.9. The lowest BCUT2D eigenvalue weighted by molar-refractivity contribution is -0.139. The Labute approximate surface area is 113 Å². The van der Waals surface area contributed by atoms with Gasteiger partial charge in [0.1, 0.15) is 12.1 Å². The number of benzene rings is 1. The summed E-state index contributed by atoms with van der Waals surface area (Å²) in [7, 11) is 0. The molecule has 0 saturated carbocycles. The number of nitrogens with two attached hydrogens (primary N) is 1. The molecule has 2 rings (SSSR count). The fourth-order valence-corrected chi connectivity index (χ4v) is 2.65. The van der Waals surface area contributed by atoms with E-state index in [1.807, 2.05) is 0 Å². The third kappa shape index (κ3) is 2.83. The van der Waals surface area contributed by atoms with Gasteiger partial charge in [-0.05, 0) is 30.5 Å². The van der Waals surface area contributed by atoms with Crippen LogP contribution in [0.25, 0.3) is 0 Å². The molecular formula is C13H14F4N2O. The lowest BCUT2D eigenvalue weighted by Crippen LogP contribution is -2.49. The van der Waals surface area contributed by atoms with Crippen molar-refractivity contribution in [1.82, 2.24) is 5.01 Å². The minimum atomic E-state index is -4.66. The van der Waals surface area contributed by atoms with Gasteiger partial charge in [0.05, 0.1) is 11.6 Å². The zero-order chi connectivity index (χ0) is 14.9. The molecule has 0 aromatic heterocycles. The Bertz CT molecular complexity index is 504. The van der Waals surface area contributed by atoms with Crippen molar-refractivity contribution in [3.63, 3.8) is 0 Å². The van der Waals surface area contributed by atoms with Crippen LogP contribution in [0.3, 0.4) is 0 Å². The van der Waals surface area contributed by atoms with E-state index in [0.29, 0.717) is 31.7 Å². The maximum absolute atomic E-state index is 13.1. The summed E-state index contributed by atoms with van der Waals surface area (Å²) < 4.78 is 52.1. The zero-order valence-corrected chi connectivity index (χ0v) is 10.5. The molecule has 0 radical (unpaired) electrons. The molecule has 2 unspecified atom stereocenters. The fraction of sp³-hybridized carbons (Fsp3) is 0.462. The summed E-state index contributed by atoms with van der Waals surface area (Å²) >= 11 is 0. The van der Waals surface area contributed by atoms with Crippen molar-refractivity contribution in [3.8, 4) is 0 Å². The monoisotopic (exact) mass is 290 g/mol. The summed E-state index contributed by atoms with van der Waals surface area (Å²) in [6, 6.07) is 1.71. The average Bonchev–Trinajstić information content (AvgIpc) is 2.37. The van der Waals surface area contributed by atoms with Gasteiger partial charge in [0.2, 0.25) is 0 Å². The lowest BCUT2D eigenvalue weighted by Gasteiger charge is -2.36. The molecule has 20 heavy (non-hydrogen) atoms. The number of hydrogen-bond acceptors (Lipinski definition) is 3. The number of hydrazine groups is 1. The maximum atomic E-state index is 13.1. The van der Waals surface area contributed by atoms with Crippen LogP contribution in [0.15, 0.2) is 18.2 Å². The highest BCUT2D eigenvalue weighted by molar-refractivity contribution is 5.61. The smallest absolute Gasteiger partial charge is 0.302 e. The molecule has 1 aliphatic heterocycles. The van der Waals surface area contributed by atoms with Crippen molar-refractivity contribution in [2.24, 2.45) is 5.84 Å². The molecular weight excluding hydrogens is 276 g/mol. The van der Waals surface area contributed by atoms with E-state index >= 15 is 0 Å². The van der Waals surface area contributed by atoms with E-state index < -0.39 is 29.5 Å². The van der Waals surface area contributed by atoms with E-state index in [4.69, 9.17) is 5.84 Å². The lowest BCUT2D eigenvalue weighted by atomic mass is 9.82. The van der Waals surface area contributed by atoms with E-state index in [-0.39, 0.29) is 5.56 Å². The predicted molar refractivity (Wildman–Crippen MR) is 64.1 cm³/mol. The number of halogens is 4. The third-order valence-electron chi connectivity index (χ3n) is 3.59. The van der Waals surface area contributed by atoms with Crippen LogP contribution in [0.4, 0.5) is 17.6 Å². The van der Waals surface area contributed by atoms with Gasteiger partial charge < -0.3 is 4.79 Å². The molecule has 0 bridgehead atoms. The van der Waals surface area contributed by atoms with Crippen molar-refractivity contribution >= 4 is 6.29 Å². The minimum Gasteiger partial charge on any atom is -0.302 e. The highest BCUT2D eigenvalue weighted by Gasteiger charge is 2.39. The predicted octanol–water partition coefficient (Wildman–Crippen LogP) is 2.47. The highest BCUT2D eigenvalue weighted by Crippen LogP contribution is 2.39. The van der Waals surface area contributed by atoms with Crippen LogP contribution in [0.1, 0.15) is 29.9 Å². The van der Waals surface area contributed by atoms with Gasteiger partial charge in [0, 0.05) is 12.5 Å². The largest absolute Gasteiger partial charge is 0.416 e. The third-order valence-corrected chi connectivity index (χ3v) is 3.59. The molecule has 7 heteroatoms. The summed E-state index contributed by atoms with van der Waals surface area (Å²) in [5, 5.41) is 1.24. The van der Waals surface area contributed by atoms with Gasteiger partial charge in [0.25, 0.3) is 0 Å². The molecule has 1 aromatic carbocycles. The Hall–Kier alpha value is -1.47. The Kier molecular flexibility index (Phi) is 4.10. The number of carbonyl (C=O) groups is 1. The Balaban J connectivity index is 2.48. The highest BCUT2D eigenvalue weighted by atomic mass is 19.4. The molecule has 3 nitrogen and oxygen atoms in total. The number of carbonyl (C=O) groups excluding carboxylic acids is 1. The van der Waals surface area contributed by atoms with Gasteiger partial charge in [-0.15, -0.1) is 0 Å². The van der Waals surface area contributed by atoms with Gasteiger partial charge >= 0.3 is 6.18 Å². The van der Waals surface area contributed by atoms with E-state index in [2.05, 4.69) is 0 Å². The number of piperidine rings is 1. The minimum absolute atomic E-state index is 0.0776. The van der Waals surface area contributed by atoms with Crippen molar-refractivity contribution in [2.45, 2.75) is 31.0 Å². The van der Waals surface area contributed by atoms with Crippen LogP contribution >= 0.6 is 0 Å². The van der Waals surface area contributed by atoms with E-state index in [0.717, 1.165) is 12.1 Å². The van der Waals surface area contributed by atoms with Crippen molar-refractivity contribution in [1.29, 1.82) is 0 Å². The molecule has 0 spiro atoms. The molecule has 1 fully saturated rings. The van der Waals surface area contributed by atoms with Gasteiger partial charge in [-0.25, -0.2) is 9.40 Å². The SMILES string of the molecule is NN1CCCC(c2ccc(F)cc2C(F)(F)F)C1C=O. The van der Waals surface area contributed by atoms with Crippen LogP contribution in [0.5, 0.6) is 0 Å². The van der Waals surface area contributed by atoms with E-state index in [9.17, 15) is 22.4 Å². The zero-order valence-electron chi connectivity index (χ0n) is 10.5. The molecule has 1 aliphatic rings. The summed E-state index contributed by atoms with van der Waals surface area (Å²) in [5.74, 6) is 4.02. The normalized spacial score (nSPS) is 24.6. The number of aldehydes is 1. The standard InChI is InChI=1S/C13H14F4N2O/c14-8-3-4-9(11(6-8)13(15,16)17)10-2-1-5-19(18)12(10)7-20/h3-4,6-7,10,12H,1-2,5,18H2. The Morgan fingerprint density at radius 3 is 2.65 bits per heavy atom. The van der Waals surface area contributed by atoms with E-state index in [1.165, 1.54) is 5.01 Å². The first-order valence-electron chi connectivity index (χ1n) is 6.18. The van der Waals surface area contributed by atoms with Gasteiger partial charge in [-0.1, -0.05) is 6.07 Å². The second-order valence-corrected chi connectivity index (χ2v) is 4.84. The van der Waals surface area contributed by atoms with Crippen LogP contribution in [0.2, 0.25) is 0 Å². The Morgan fingerprint density at radius 2 is 2.05 bits per heavy atom. The summed E-state index contributed by atoms with van der Waals surface area (Å²) in [6.45, 7) is 0.447. The van der Waals surface area contributed by atoms with Gasteiger partial charge in [-0.2, -0.15) is 13.2 Å². The summed E-state index contributed by atoms with van der Waals surface area (Å²) in [4.78, 5) is 11.1. The van der Waals surface area contributed by atoms with Crippen molar-refractivity contribution < 1.29 is 22.4 Å². The topological polar surface area (TPSA) is 46.3 Å². The second-order valence-electron chi connectivity index (χ2n) is 4.84. The molecule has 1 aromatic rings. The fourth-order valence-electron chi connectivity index (χ4n) is 2.65. The molecule has 2 N–H and O–H groups in total. The van der Waals surface area contributed by atoms with Crippen LogP contribution in [-0.2, 0) is 11.0 Å². The molecule has 0 amide bonds.